The Balaban J connectivity index is 2.07. The number of anilines is 1. The van der Waals surface area contributed by atoms with Crippen LogP contribution in [-0.4, -0.2) is 4.98 Å². The van der Waals surface area contributed by atoms with Gasteiger partial charge in [-0.15, -0.1) is 0 Å². The third kappa shape index (κ3) is 3.03. The van der Waals surface area contributed by atoms with E-state index in [0.717, 1.165) is 17.7 Å². The Labute approximate surface area is 96.5 Å². The van der Waals surface area contributed by atoms with E-state index in [-0.39, 0.29) is 0 Å². The highest BCUT2D eigenvalue weighted by atomic mass is 19.4. The second-order valence-corrected chi connectivity index (χ2v) is 3.65. The highest BCUT2D eigenvalue weighted by Crippen LogP contribution is 2.30. The van der Waals surface area contributed by atoms with Crippen molar-refractivity contribution in [3.8, 4) is 0 Å². The van der Waals surface area contributed by atoms with E-state index in [4.69, 9.17) is 0 Å². The summed E-state index contributed by atoms with van der Waals surface area (Å²) in [5.74, 6) is 0. The molecule has 2 N–H and O–H groups in total. The normalized spacial score (nSPS) is 11.5. The van der Waals surface area contributed by atoms with E-state index < -0.39 is 11.7 Å². The first kappa shape index (κ1) is 11.6. The van der Waals surface area contributed by atoms with Gasteiger partial charge in [0.25, 0.3) is 0 Å². The van der Waals surface area contributed by atoms with Gasteiger partial charge < -0.3 is 10.3 Å². The molecule has 1 heterocycles. The number of rotatable bonds is 3. The number of benzene rings is 1. The third-order valence-corrected chi connectivity index (χ3v) is 2.35. The topological polar surface area (TPSA) is 27.8 Å². The molecule has 0 saturated heterocycles. The van der Waals surface area contributed by atoms with Crippen molar-refractivity contribution >= 4 is 5.69 Å². The molecule has 0 aliphatic rings. The zero-order valence-electron chi connectivity index (χ0n) is 8.88. The van der Waals surface area contributed by atoms with Crippen LogP contribution in [0.3, 0.4) is 0 Å². The molecule has 0 bridgehead atoms. The fourth-order valence-electron chi connectivity index (χ4n) is 1.48. The molecule has 1 aromatic heterocycles. The number of alkyl halides is 3. The molecule has 0 fully saturated rings. The zero-order chi connectivity index (χ0) is 12.3. The monoisotopic (exact) mass is 240 g/mol. The third-order valence-electron chi connectivity index (χ3n) is 2.35. The summed E-state index contributed by atoms with van der Waals surface area (Å²) in [5.41, 5.74) is 0.806. The Hall–Kier alpha value is -1.91. The smallest absolute Gasteiger partial charge is 0.381 e. The minimum atomic E-state index is -4.30. The molecule has 0 radical (unpaired) electrons. The van der Waals surface area contributed by atoms with Gasteiger partial charge in [-0.1, -0.05) is 6.07 Å². The number of aromatic nitrogens is 1. The number of hydrogen-bond donors (Lipinski definition) is 2. The number of nitrogens with one attached hydrogen (secondary N) is 2. The molecule has 1 aromatic carbocycles. The van der Waals surface area contributed by atoms with Crippen LogP contribution in [0.1, 0.15) is 11.1 Å². The molecular formula is C12H11F3N2. The summed E-state index contributed by atoms with van der Waals surface area (Å²) in [7, 11) is 0. The fourth-order valence-corrected chi connectivity index (χ4v) is 1.48. The molecule has 0 atom stereocenters. The Morgan fingerprint density at radius 2 is 2.00 bits per heavy atom. The van der Waals surface area contributed by atoms with E-state index in [9.17, 15) is 13.2 Å². The van der Waals surface area contributed by atoms with Crippen molar-refractivity contribution in [3.05, 3.63) is 53.9 Å². The average Bonchev–Trinajstić information content (AvgIpc) is 2.78. The summed E-state index contributed by atoms with van der Waals surface area (Å²) < 4.78 is 37.3. The van der Waals surface area contributed by atoms with E-state index in [0.29, 0.717) is 12.2 Å². The zero-order valence-corrected chi connectivity index (χ0v) is 8.88. The van der Waals surface area contributed by atoms with Gasteiger partial charge >= 0.3 is 6.18 Å². The lowest BCUT2D eigenvalue weighted by Gasteiger charge is -2.10. The van der Waals surface area contributed by atoms with Gasteiger partial charge in [0.15, 0.2) is 0 Å². The highest BCUT2D eigenvalue weighted by Gasteiger charge is 2.30. The molecule has 2 aromatic rings. The number of hydrogen-bond acceptors (Lipinski definition) is 1. The van der Waals surface area contributed by atoms with E-state index in [1.54, 1.807) is 18.5 Å². The van der Waals surface area contributed by atoms with Gasteiger partial charge in [0.1, 0.15) is 0 Å². The van der Waals surface area contributed by atoms with Gasteiger partial charge in [-0.25, -0.2) is 0 Å². The Kier molecular flexibility index (Phi) is 3.08. The maximum Gasteiger partial charge on any atom is 0.416 e. The molecule has 0 amide bonds. The molecule has 2 nitrogen and oxygen atoms in total. The first-order valence-electron chi connectivity index (χ1n) is 5.08. The van der Waals surface area contributed by atoms with Crippen LogP contribution in [0.5, 0.6) is 0 Å². The molecule has 5 heteroatoms. The molecule has 0 spiro atoms. The summed E-state index contributed by atoms with van der Waals surface area (Å²) in [6, 6.07) is 7.03. The van der Waals surface area contributed by atoms with Crippen LogP contribution < -0.4 is 5.32 Å². The standard InChI is InChI=1S/C12H11F3N2/c13-12(14,15)10-2-1-3-11(6-10)17-8-9-4-5-16-7-9/h1-7,16-17H,8H2. The minimum Gasteiger partial charge on any atom is -0.381 e. The lowest BCUT2D eigenvalue weighted by molar-refractivity contribution is -0.137. The molecule has 0 unspecified atom stereocenters. The van der Waals surface area contributed by atoms with Crippen molar-refractivity contribution < 1.29 is 13.2 Å². The molecule has 0 aliphatic heterocycles. The van der Waals surface area contributed by atoms with Crippen LogP contribution in [0.25, 0.3) is 0 Å². The molecule has 2 rings (SSSR count). The van der Waals surface area contributed by atoms with Crippen molar-refractivity contribution in [1.82, 2.24) is 4.98 Å². The van der Waals surface area contributed by atoms with Gasteiger partial charge in [-0.3, -0.25) is 0 Å². The predicted molar refractivity (Wildman–Crippen MR) is 59.6 cm³/mol. The van der Waals surface area contributed by atoms with E-state index in [2.05, 4.69) is 10.3 Å². The molecule has 0 aliphatic carbocycles. The van der Waals surface area contributed by atoms with Crippen LogP contribution >= 0.6 is 0 Å². The fraction of sp³-hybridized carbons (Fsp3) is 0.167. The van der Waals surface area contributed by atoms with Crippen molar-refractivity contribution in [2.24, 2.45) is 0 Å². The first-order chi connectivity index (χ1) is 8.05. The number of aromatic amines is 1. The highest BCUT2D eigenvalue weighted by molar-refractivity contribution is 5.46. The average molecular weight is 240 g/mol. The summed E-state index contributed by atoms with van der Waals surface area (Å²) in [6.07, 6.45) is -0.741. The maximum atomic E-state index is 12.4. The van der Waals surface area contributed by atoms with Crippen molar-refractivity contribution in [3.63, 3.8) is 0 Å². The second-order valence-electron chi connectivity index (χ2n) is 3.65. The lowest BCUT2D eigenvalue weighted by atomic mass is 10.2. The van der Waals surface area contributed by atoms with Crippen molar-refractivity contribution in [2.75, 3.05) is 5.32 Å². The Morgan fingerprint density at radius 3 is 2.65 bits per heavy atom. The molecular weight excluding hydrogens is 229 g/mol. The summed E-state index contributed by atoms with van der Waals surface area (Å²) in [4.78, 5) is 2.88. The van der Waals surface area contributed by atoms with E-state index in [1.807, 2.05) is 6.07 Å². The summed E-state index contributed by atoms with van der Waals surface area (Å²) >= 11 is 0. The number of H-pyrrole nitrogens is 1. The summed E-state index contributed by atoms with van der Waals surface area (Å²) in [5, 5.41) is 2.94. The first-order valence-corrected chi connectivity index (χ1v) is 5.08. The molecule has 0 saturated carbocycles. The quantitative estimate of drug-likeness (QED) is 0.842. The van der Waals surface area contributed by atoms with Crippen LogP contribution in [-0.2, 0) is 12.7 Å². The Bertz CT molecular complexity index is 475. The molecule has 90 valence electrons. The second kappa shape index (κ2) is 4.53. The number of halogens is 3. The van der Waals surface area contributed by atoms with Gasteiger partial charge in [0.2, 0.25) is 0 Å². The predicted octanol–water partition coefficient (Wildman–Crippen LogP) is 3.65. The van der Waals surface area contributed by atoms with Crippen molar-refractivity contribution in [2.45, 2.75) is 12.7 Å². The lowest BCUT2D eigenvalue weighted by Crippen LogP contribution is -2.06. The molecule has 17 heavy (non-hydrogen) atoms. The van der Waals surface area contributed by atoms with Gasteiger partial charge in [-0.05, 0) is 29.8 Å². The van der Waals surface area contributed by atoms with Gasteiger partial charge in [-0.2, -0.15) is 13.2 Å². The van der Waals surface area contributed by atoms with Gasteiger partial charge in [0.05, 0.1) is 5.56 Å². The Morgan fingerprint density at radius 1 is 1.18 bits per heavy atom. The van der Waals surface area contributed by atoms with Crippen LogP contribution in [0.2, 0.25) is 0 Å². The summed E-state index contributed by atoms with van der Waals surface area (Å²) in [6.45, 7) is 0.491. The van der Waals surface area contributed by atoms with Crippen LogP contribution in [0.15, 0.2) is 42.7 Å². The van der Waals surface area contributed by atoms with Crippen LogP contribution in [0, 0.1) is 0 Å². The van der Waals surface area contributed by atoms with E-state index >= 15 is 0 Å². The van der Waals surface area contributed by atoms with Crippen LogP contribution in [0.4, 0.5) is 18.9 Å². The minimum absolute atomic E-state index is 0.459. The maximum absolute atomic E-state index is 12.4. The van der Waals surface area contributed by atoms with E-state index in [1.165, 1.54) is 6.07 Å². The largest absolute Gasteiger partial charge is 0.416 e. The van der Waals surface area contributed by atoms with Crippen molar-refractivity contribution in [1.29, 1.82) is 0 Å². The SMILES string of the molecule is FC(F)(F)c1cccc(NCc2cc[nH]c2)c1. The van der Waals surface area contributed by atoms with Gasteiger partial charge in [0, 0.05) is 24.6 Å².